The number of nitrogens with zero attached hydrogens (tertiary/aromatic N) is 4. The second kappa shape index (κ2) is 13.4. The lowest BCUT2D eigenvalue weighted by Crippen LogP contribution is -2.51. The summed E-state index contributed by atoms with van der Waals surface area (Å²) in [5, 5.41) is 14.1. The molecular formula is C28H35N5O6S2. The molecule has 1 amide bonds. The van der Waals surface area contributed by atoms with Gasteiger partial charge in [-0.1, -0.05) is 44.2 Å². The Morgan fingerprint density at radius 1 is 1.15 bits per heavy atom. The van der Waals surface area contributed by atoms with Gasteiger partial charge in [0.05, 0.1) is 27.4 Å². The van der Waals surface area contributed by atoms with Gasteiger partial charge in [0.1, 0.15) is 12.1 Å². The summed E-state index contributed by atoms with van der Waals surface area (Å²) in [5.41, 5.74) is 3.38. The Morgan fingerprint density at radius 3 is 2.56 bits per heavy atom. The smallest absolute Gasteiger partial charge is 0.407 e. The van der Waals surface area contributed by atoms with E-state index in [1.54, 1.807) is 36.8 Å². The van der Waals surface area contributed by atoms with Crippen molar-refractivity contribution in [3.8, 4) is 0 Å². The monoisotopic (exact) mass is 601 g/mol. The highest BCUT2D eigenvalue weighted by Crippen LogP contribution is 2.26. The zero-order valence-electron chi connectivity index (χ0n) is 23.4. The van der Waals surface area contributed by atoms with E-state index in [-0.39, 0.29) is 36.9 Å². The molecule has 4 aromatic rings. The summed E-state index contributed by atoms with van der Waals surface area (Å²) in [7, 11) is -0.484. The highest BCUT2D eigenvalue weighted by molar-refractivity contribution is 7.89. The Kier molecular flexibility index (Phi) is 9.97. The summed E-state index contributed by atoms with van der Waals surface area (Å²) in [4.78, 5) is 23.5. The molecule has 0 spiro atoms. The highest BCUT2D eigenvalue weighted by atomic mass is 32.2. The molecule has 2 atom stereocenters. The van der Waals surface area contributed by atoms with Crippen molar-refractivity contribution in [3.63, 3.8) is 0 Å². The molecule has 13 heteroatoms. The minimum absolute atomic E-state index is 0.0239. The summed E-state index contributed by atoms with van der Waals surface area (Å²) < 4.78 is 40.0. The summed E-state index contributed by atoms with van der Waals surface area (Å²) in [6.07, 6.45) is -0.0802. The van der Waals surface area contributed by atoms with Crippen molar-refractivity contribution < 1.29 is 27.5 Å². The quantitative estimate of drug-likeness (QED) is 0.234. The number of ether oxygens (including phenoxy) is 1. The molecule has 2 aromatic heterocycles. The first-order valence-corrected chi connectivity index (χ1v) is 15.5. The third kappa shape index (κ3) is 8.03. The van der Waals surface area contributed by atoms with Crippen molar-refractivity contribution >= 4 is 44.6 Å². The number of aliphatic hydroxyl groups is 1. The average Bonchev–Trinajstić information content (AvgIpc) is 3.61. The Labute approximate surface area is 243 Å². The van der Waals surface area contributed by atoms with Gasteiger partial charge in [-0.3, -0.25) is 4.98 Å². The van der Waals surface area contributed by atoms with Crippen molar-refractivity contribution in [2.45, 2.75) is 43.9 Å². The van der Waals surface area contributed by atoms with Gasteiger partial charge in [0.2, 0.25) is 10.0 Å². The molecule has 2 unspecified atom stereocenters. The number of thiazole rings is 1. The van der Waals surface area contributed by atoms with E-state index in [9.17, 15) is 18.3 Å². The fraction of sp³-hybridized carbons (Fsp3) is 0.393. The SMILES string of the molecule is CC(C)CN(CC(O)C(Cc1ccccc1)NC(=O)OCc1cncs1)S(=O)(=O)c1ccc2nc(N(C)C)oc2c1. The molecule has 0 bridgehead atoms. The first-order valence-electron chi connectivity index (χ1n) is 13.1. The summed E-state index contributed by atoms with van der Waals surface area (Å²) in [6.45, 7) is 3.75. The molecular weight excluding hydrogens is 566 g/mol. The number of aromatic nitrogens is 2. The molecule has 220 valence electrons. The van der Waals surface area contributed by atoms with Crippen LogP contribution in [0.5, 0.6) is 0 Å². The minimum Gasteiger partial charge on any atom is -0.444 e. The number of nitrogens with one attached hydrogen (secondary N) is 1. The van der Waals surface area contributed by atoms with Crippen molar-refractivity contribution in [1.29, 1.82) is 0 Å². The molecule has 0 aliphatic heterocycles. The number of carbonyl (C=O) groups is 1. The molecule has 0 aliphatic carbocycles. The Morgan fingerprint density at radius 2 is 1.90 bits per heavy atom. The molecule has 0 aliphatic rings. The normalized spacial score (nSPS) is 13.4. The summed E-state index contributed by atoms with van der Waals surface area (Å²) in [5.74, 6) is -0.0313. The van der Waals surface area contributed by atoms with Crippen LogP contribution in [0.4, 0.5) is 10.8 Å². The molecule has 0 saturated carbocycles. The number of fused-ring (bicyclic) bond motifs is 1. The van der Waals surface area contributed by atoms with E-state index in [0.29, 0.717) is 17.1 Å². The maximum absolute atomic E-state index is 13.9. The van der Waals surface area contributed by atoms with Gasteiger partial charge in [0.15, 0.2) is 5.58 Å². The maximum Gasteiger partial charge on any atom is 0.407 e. The van der Waals surface area contributed by atoms with Crippen molar-refractivity contribution in [2.24, 2.45) is 5.92 Å². The van der Waals surface area contributed by atoms with Crippen LogP contribution in [-0.2, 0) is 27.8 Å². The number of carbonyl (C=O) groups excluding carboxylic acids is 1. The molecule has 0 saturated heterocycles. The molecule has 41 heavy (non-hydrogen) atoms. The van der Waals surface area contributed by atoms with Gasteiger partial charge in [-0.2, -0.15) is 9.29 Å². The lowest BCUT2D eigenvalue weighted by Gasteiger charge is -2.30. The first-order chi connectivity index (χ1) is 19.5. The predicted octanol–water partition coefficient (Wildman–Crippen LogP) is 3.90. The van der Waals surface area contributed by atoms with Crippen LogP contribution in [0.15, 0.2) is 69.6 Å². The number of alkyl carbamates (subject to hydrolysis) is 1. The van der Waals surface area contributed by atoms with E-state index >= 15 is 0 Å². The number of sulfonamides is 1. The van der Waals surface area contributed by atoms with Crippen molar-refractivity contribution in [1.82, 2.24) is 19.6 Å². The summed E-state index contributed by atoms with van der Waals surface area (Å²) in [6, 6.07) is 13.4. The lowest BCUT2D eigenvalue weighted by atomic mass is 10.0. The number of hydrogen-bond donors (Lipinski definition) is 2. The molecule has 0 fully saturated rings. The van der Waals surface area contributed by atoms with Crippen LogP contribution < -0.4 is 10.2 Å². The topological polar surface area (TPSA) is 138 Å². The van der Waals surface area contributed by atoms with E-state index in [0.717, 1.165) is 10.4 Å². The number of aliphatic hydroxyl groups excluding tert-OH is 1. The van der Waals surface area contributed by atoms with E-state index in [2.05, 4.69) is 15.3 Å². The molecule has 0 radical (unpaired) electrons. The Balaban J connectivity index is 1.56. The lowest BCUT2D eigenvalue weighted by molar-refractivity contribution is 0.0876. The first kappa shape index (κ1) is 30.4. The van der Waals surface area contributed by atoms with E-state index < -0.39 is 28.3 Å². The van der Waals surface area contributed by atoms with E-state index in [1.807, 2.05) is 44.2 Å². The predicted molar refractivity (Wildman–Crippen MR) is 157 cm³/mol. The van der Waals surface area contributed by atoms with Crippen LogP contribution in [0.1, 0.15) is 24.3 Å². The maximum atomic E-state index is 13.9. The van der Waals surface area contributed by atoms with Crippen LogP contribution in [0.2, 0.25) is 0 Å². The standard InChI is InChI=1S/C28H35N5O6S2/c1-19(2)15-33(41(36,37)22-10-11-23-26(13-22)39-27(30-23)32(3)4)16-25(34)24(12-20-8-6-5-7-9-20)31-28(35)38-17-21-14-29-18-40-21/h5-11,13-14,18-19,24-25,34H,12,15-17H2,1-4H3,(H,31,35). The third-order valence-corrected chi connectivity index (χ3v) is 8.80. The van der Waals surface area contributed by atoms with Crippen LogP contribution in [0.3, 0.4) is 0 Å². The summed E-state index contributed by atoms with van der Waals surface area (Å²) >= 11 is 1.36. The fourth-order valence-corrected chi connectivity index (χ4v) is 6.35. The third-order valence-electron chi connectivity index (χ3n) is 6.22. The van der Waals surface area contributed by atoms with Gasteiger partial charge in [-0.25, -0.2) is 13.2 Å². The Hall–Kier alpha value is -3.52. The minimum atomic E-state index is -4.05. The second-order valence-electron chi connectivity index (χ2n) is 10.3. The van der Waals surface area contributed by atoms with Gasteiger partial charge < -0.3 is 24.5 Å². The van der Waals surface area contributed by atoms with E-state index in [4.69, 9.17) is 9.15 Å². The van der Waals surface area contributed by atoms with Crippen LogP contribution in [0, 0.1) is 5.92 Å². The number of anilines is 1. The highest BCUT2D eigenvalue weighted by Gasteiger charge is 2.32. The number of amides is 1. The molecule has 2 aromatic carbocycles. The van der Waals surface area contributed by atoms with E-state index in [1.165, 1.54) is 27.8 Å². The molecule has 4 rings (SSSR count). The van der Waals surface area contributed by atoms with Gasteiger partial charge in [0.25, 0.3) is 6.01 Å². The van der Waals surface area contributed by atoms with Gasteiger partial charge in [0, 0.05) is 39.4 Å². The zero-order valence-corrected chi connectivity index (χ0v) is 25.1. The van der Waals surface area contributed by atoms with Gasteiger partial charge in [-0.15, -0.1) is 11.3 Å². The van der Waals surface area contributed by atoms with Crippen LogP contribution >= 0.6 is 11.3 Å². The number of rotatable bonds is 13. The molecule has 2 heterocycles. The van der Waals surface area contributed by atoms with Crippen LogP contribution in [-0.4, -0.2) is 73.2 Å². The number of benzene rings is 2. The zero-order chi connectivity index (χ0) is 29.6. The van der Waals surface area contributed by atoms with Crippen molar-refractivity contribution in [2.75, 3.05) is 32.1 Å². The van der Waals surface area contributed by atoms with Crippen LogP contribution in [0.25, 0.3) is 11.1 Å². The Bertz CT molecular complexity index is 1520. The molecule has 11 nitrogen and oxygen atoms in total. The largest absolute Gasteiger partial charge is 0.444 e. The number of oxazole rings is 1. The second-order valence-corrected chi connectivity index (χ2v) is 13.2. The van der Waals surface area contributed by atoms with Crippen molar-refractivity contribution in [3.05, 3.63) is 70.7 Å². The average molecular weight is 602 g/mol. The van der Waals surface area contributed by atoms with Gasteiger partial charge >= 0.3 is 6.09 Å². The molecule has 2 N–H and O–H groups in total. The number of hydrogen-bond acceptors (Lipinski definition) is 10. The fourth-order valence-electron chi connectivity index (χ4n) is 4.20. The van der Waals surface area contributed by atoms with Gasteiger partial charge in [-0.05, 0) is 30.0 Å².